The molecule has 0 aromatic heterocycles. The number of hydrogen-bond acceptors (Lipinski definition) is 8. The Hall–Kier alpha value is -3.99. The number of benzene rings is 2. The number of nitriles is 1. The monoisotopic (exact) mass is 479 g/mol. The summed E-state index contributed by atoms with van der Waals surface area (Å²) in [6, 6.07) is 13.8. The summed E-state index contributed by atoms with van der Waals surface area (Å²) < 4.78 is 15.6. The Kier molecular flexibility index (Phi) is 9.29. The van der Waals surface area contributed by atoms with Crippen LogP contribution in [0.2, 0.25) is 0 Å². The Morgan fingerprint density at radius 1 is 0.914 bits per heavy atom. The summed E-state index contributed by atoms with van der Waals surface area (Å²) >= 11 is 0. The van der Waals surface area contributed by atoms with Gasteiger partial charge in [-0.3, -0.25) is 14.4 Å². The molecule has 0 heterocycles. The highest BCUT2D eigenvalue weighted by molar-refractivity contribution is 6.13. The third kappa shape index (κ3) is 7.78. The fraction of sp³-hybridized carbons (Fsp3) is 0.370. The summed E-state index contributed by atoms with van der Waals surface area (Å²) in [6.07, 6.45) is 0. The number of nitrogens with zero attached hydrogens (tertiary/aromatic N) is 1. The Balaban J connectivity index is 2.27. The first-order chi connectivity index (χ1) is 16.5. The van der Waals surface area contributed by atoms with Gasteiger partial charge in [0.15, 0.2) is 18.2 Å². The highest BCUT2D eigenvalue weighted by Crippen LogP contribution is 2.26. The fourth-order valence-electron chi connectivity index (χ4n) is 3.27. The molecule has 2 atom stereocenters. The van der Waals surface area contributed by atoms with Crippen molar-refractivity contribution in [3.8, 4) is 11.8 Å². The Morgan fingerprint density at radius 3 is 1.97 bits per heavy atom. The molecule has 0 aliphatic heterocycles. The van der Waals surface area contributed by atoms with Gasteiger partial charge in [0.1, 0.15) is 17.3 Å². The van der Waals surface area contributed by atoms with Crippen molar-refractivity contribution >= 4 is 23.5 Å². The van der Waals surface area contributed by atoms with E-state index in [9.17, 15) is 19.2 Å². The zero-order valence-corrected chi connectivity index (χ0v) is 20.5. The van der Waals surface area contributed by atoms with Crippen molar-refractivity contribution in [1.82, 2.24) is 0 Å². The van der Waals surface area contributed by atoms with Gasteiger partial charge in [0.25, 0.3) is 0 Å². The number of carbonyl (C=O) groups excluding carboxylic acids is 4. The number of hydrogen-bond donors (Lipinski definition) is 0. The molecular formula is C27H29NO7. The molecule has 35 heavy (non-hydrogen) atoms. The van der Waals surface area contributed by atoms with E-state index in [0.717, 1.165) is 0 Å². The lowest BCUT2D eigenvalue weighted by atomic mass is 9.82. The first-order valence-electron chi connectivity index (χ1n) is 11.2. The van der Waals surface area contributed by atoms with Crippen LogP contribution in [0.5, 0.6) is 5.75 Å². The lowest BCUT2D eigenvalue weighted by molar-refractivity contribution is -0.159. The van der Waals surface area contributed by atoms with Gasteiger partial charge >= 0.3 is 11.9 Å². The second kappa shape index (κ2) is 11.9. The van der Waals surface area contributed by atoms with E-state index in [0.29, 0.717) is 11.3 Å². The van der Waals surface area contributed by atoms with E-state index >= 15 is 0 Å². The third-order valence-electron chi connectivity index (χ3n) is 4.96. The van der Waals surface area contributed by atoms with Gasteiger partial charge in [0.2, 0.25) is 0 Å². The van der Waals surface area contributed by atoms with Crippen LogP contribution in [0.3, 0.4) is 0 Å². The van der Waals surface area contributed by atoms with Crippen LogP contribution in [0.1, 0.15) is 60.9 Å². The van der Waals surface area contributed by atoms with E-state index in [1.54, 1.807) is 27.7 Å². The number of ether oxygens (including phenoxy) is 3. The maximum Gasteiger partial charge on any atom is 0.344 e. The van der Waals surface area contributed by atoms with Crippen LogP contribution in [0.15, 0.2) is 48.5 Å². The first kappa shape index (κ1) is 27.3. The molecule has 0 saturated heterocycles. The van der Waals surface area contributed by atoms with Gasteiger partial charge in [-0.15, -0.1) is 0 Å². The van der Waals surface area contributed by atoms with E-state index < -0.39 is 40.9 Å². The largest absolute Gasteiger partial charge is 0.482 e. The number of rotatable bonds is 10. The molecule has 0 saturated carbocycles. The third-order valence-corrected chi connectivity index (χ3v) is 4.96. The maximum atomic E-state index is 13.3. The Morgan fingerprint density at radius 2 is 1.46 bits per heavy atom. The minimum Gasteiger partial charge on any atom is -0.482 e. The SMILES string of the molecule is CCOC(=O)COc1ccc(C(=O)C(C)C(C(=O)OC(C)(C)C)C(=O)c2ccc(C#N)cc2)cc1. The molecule has 8 nitrogen and oxygen atoms in total. The summed E-state index contributed by atoms with van der Waals surface area (Å²) in [5.74, 6) is -4.36. The summed E-state index contributed by atoms with van der Waals surface area (Å²) in [5.41, 5.74) is -0.0322. The van der Waals surface area contributed by atoms with Crippen LogP contribution in [-0.4, -0.2) is 42.3 Å². The summed E-state index contributed by atoms with van der Waals surface area (Å²) in [6.45, 7) is 8.20. The number of carbonyl (C=O) groups is 4. The van der Waals surface area contributed by atoms with Gasteiger partial charge < -0.3 is 14.2 Å². The number of ketones is 2. The molecule has 2 aromatic carbocycles. The topological polar surface area (TPSA) is 120 Å². The van der Waals surface area contributed by atoms with Gasteiger partial charge in [-0.2, -0.15) is 5.26 Å². The van der Waals surface area contributed by atoms with E-state index in [1.807, 2.05) is 6.07 Å². The van der Waals surface area contributed by atoms with Crippen molar-refractivity contribution in [2.45, 2.75) is 40.2 Å². The summed E-state index contributed by atoms with van der Waals surface area (Å²) in [7, 11) is 0. The Labute approximate surface area is 204 Å². The lowest BCUT2D eigenvalue weighted by Crippen LogP contribution is -2.39. The van der Waals surface area contributed by atoms with E-state index in [4.69, 9.17) is 19.5 Å². The predicted octanol–water partition coefficient (Wildman–Crippen LogP) is 4.16. The molecule has 0 radical (unpaired) electrons. The molecule has 2 aromatic rings. The predicted molar refractivity (Wildman–Crippen MR) is 127 cm³/mol. The lowest BCUT2D eigenvalue weighted by Gasteiger charge is -2.26. The summed E-state index contributed by atoms with van der Waals surface area (Å²) in [4.78, 5) is 51.0. The minimum atomic E-state index is -1.38. The van der Waals surface area contributed by atoms with E-state index in [2.05, 4.69) is 0 Å². The van der Waals surface area contributed by atoms with E-state index in [1.165, 1.54) is 55.5 Å². The number of esters is 2. The van der Waals surface area contributed by atoms with Gasteiger partial charge in [-0.25, -0.2) is 4.79 Å². The minimum absolute atomic E-state index is 0.197. The molecule has 0 amide bonds. The van der Waals surface area contributed by atoms with Crippen LogP contribution < -0.4 is 4.74 Å². The molecule has 0 aliphatic rings. The van der Waals surface area contributed by atoms with Crippen molar-refractivity contribution < 1.29 is 33.4 Å². The zero-order valence-electron chi connectivity index (χ0n) is 20.5. The summed E-state index contributed by atoms with van der Waals surface area (Å²) in [5, 5.41) is 9.00. The number of Topliss-reactive ketones (excluding diaryl/α,β-unsaturated/α-hetero) is 2. The van der Waals surface area contributed by atoms with E-state index in [-0.39, 0.29) is 24.3 Å². The van der Waals surface area contributed by atoms with Crippen molar-refractivity contribution in [1.29, 1.82) is 5.26 Å². The van der Waals surface area contributed by atoms with Crippen molar-refractivity contribution in [3.05, 3.63) is 65.2 Å². The maximum absolute atomic E-state index is 13.3. The Bertz CT molecular complexity index is 1110. The smallest absolute Gasteiger partial charge is 0.344 e. The molecule has 184 valence electrons. The fourth-order valence-corrected chi connectivity index (χ4v) is 3.27. The van der Waals surface area contributed by atoms with Crippen molar-refractivity contribution in [2.75, 3.05) is 13.2 Å². The quantitative estimate of drug-likeness (QED) is 0.283. The van der Waals surface area contributed by atoms with Gasteiger partial charge in [-0.05, 0) is 64.1 Å². The van der Waals surface area contributed by atoms with Gasteiger partial charge in [0.05, 0.1) is 18.2 Å². The van der Waals surface area contributed by atoms with Gasteiger partial charge in [0, 0.05) is 17.0 Å². The van der Waals surface area contributed by atoms with Crippen LogP contribution in [0.25, 0.3) is 0 Å². The van der Waals surface area contributed by atoms with Crippen molar-refractivity contribution in [3.63, 3.8) is 0 Å². The van der Waals surface area contributed by atoms with Crippen LogP contribution in [0.4, 0.5) is 0 Å². The average Bonchev–Trinajstić information content (AvgIpc) is 2.81. The molecule has 8 heteroatoms. The molecule has 0 fully saturated rings. The van der Waals surface area contributed by atoms with Crippen molar-refractivity contribution in [2.24, 2.45) is 11.8 Å². The molecule has 0 spiro atoms. The second-order valence-corrected chi connectivity index (χ2v) is 8.84. The molecule has 0 N–H and O–H groups in total. The molecule has 2 rings (SSSR count). The molecular weight excluding hydrogens is 450 g/mol. The van der Waals surface area contributed by atoms with Crippen LogP contribution in [-0.2, 0) is 19.1 Å². The van der Waals surface area contributed by atoms with Gasteiger partial charge in [-0.1, -0.05) is 19.1 Å². The molecule has 0 aliphatic carbocycles. The zero-order chi connectivity index (χ0) is 26.2. The second-order valence-electron chi connectivity index (χ2n) is 8.84. The van der Waals surface area contributed by atoms with Crippen LogP contribution in [0, 0.1) is 23.2 Å². The standard InChI is InChI=1S/C27H29NO7/c1-6-33-22(29)16-34-21-13-11-19(12-14-21)24(30)17(2)23(26(32)35-27(3,4)5)25(31)20-9-7-18(15-28)8-10-20/h7-14,17,23H,6,16H2,1-5H3. The highest BCUT2D eigenvalue weighted by Gasteiger charge is 2.39. The average molecular weight is 480 g/mol. The molecule has 0 bridgehead atoms. The molecule has 2 unspecified atom stereocenters. The normalized spacial score (nSPS) is 12.6. The highest BCUT2D eigenvalue weighted by atomic mass is 16.6. The van der Waals surface area contributed by atoms with Crippen LogP contribution >= 0.6 is 0 Å². The first-order valence-corrected chi connectivity index (χ1v) is 11.2.